The Morgan fingerprint density at radius 2 is 0.679 bits per heavy atom. The second-order valence-corrected chi connectivity index (χ2v) is 9.13. The maximum Gasteiger partial charge on any atom is 0.133 e. The van der Waals surface area contributed by atoms with Crippen LogP contribution in [-0.2, 0) is 0 Å². The monoisotopic (exact) mass is 370 g/mol. The molecule has 0 spiro atoms. The van der Waals surface area contributed by atoms with Crippen LogP contribution in [0.5, 0.6) is 0 Å². The molecule has 144 valence electrons. The van der Waals surface area contributed by atoms with E-state index < -0.39 is 0 Å². The van der Waals surface area contributed by atoms with Crippen LogP contribution >= 0.6 is 0 Å². The van der Waals surface area contributed by atoms with Gasteiger partial charge in [-0.3, -0.25) is 9.80 Å². The standard InChI is InChI=1S/C26H30N2/c1-2-21(1)9-13-25(14-10-22-3-4-22)27-17-19-28(20-18-27)26(15-11-23-5-6-23)16-12-24-7-8-24/h21-26H,1-8,17-20H2. The minimum absolute atomic E-state index is 0.122. The molecule has 5 fully saturated rings. The first-order valence-corrected chi connectivity index (χ1v) is 11.4. The molecular weight excluding hydrogens is 340 g/mol. The second-order valence-electron chi connectivity index (χ2n) is 9.13. The van der Waals surface area contributed by atoms with E-state index in [1.807, 2.05) is 0 Å². The molecule has 0 N–H and O–H groups in total. The SMILES string of the molecule is C(#CC(C#CC1CC1)N1CCN(C(C#CC2CC2)C#CC2CC2)CC1)C1CC1. The topological polar surface area (TPSA) is 6.48 Å². The van der Waals surface area contributed by atoms with Crippen LogP contribution in [-0.4, -0.2) is 48.1 Å². The van der Waals surface area contributed by atoms with Crippen molar-refractivity contribution in [2.45, 2.75) is 63.5 Å². The molecule has 4 saturated carbocycles. The largest absolute Gasteiger partial charge is 0.277 e. The Kier molecular flexibility index (Phi) is 5.37. The van der Waals surface area contributed by atoms with Gasteiger partial charge >= 0.3 is 0 Å². The highest BCUT2D eigenvalue weighted by Gasteiger charge is 2.27. The van der Waals surface area contributed by atoms with Crippen molar-refractivity contribution in [1.29, 1.82) is 0 Å². The molecular formula is C26H30N2. The van der Waals surface area contributed by atoms with Crippen molar-refractivity contribution < 1.29 is 0 Å². The molecule has 2 heteroatoms. The first-order valence-electron chi connectivity index (χ1n) is 11.4. The Bertz CT molecular complexity index is 686. The summed E-state index contributed by atoms with van der Waals surface area (Å²) in [6.07, 6.45) is 10.3. The maximum absolute atomic E-state index is 3.50. The Balaban J connectivity index is 1.22. The van der Waals surface area contributed by atoms with Crippen LogP contribution in [0.25, 0.3) is 0 Å². The summed E-state index contributed by atoms with van der Waals surface area (Å²) in [4.78, 5) is 4.97. The van der Waals surface area contributed by atoms with Crippen molar-refractivity contribution in [2.24, 2.45) is 23.7 Å². The molecule has 1 heterocycles. The van der Waals surface area contributed by atoms with Crippen LogP contribution in [0, 0.1) is 71.0 Å². The highest BCUT2D eigenvalue weighted by molar-refractivity contribution is 5.29. The number of piperazine rings is 1. The molecule has 0 aromatic heterocycles. The molecule has 28 heavy (non-hydrogen) atoms. The summed E-state index contributed by atoms with van der Waals surface area (Å²) >= 11 is 0. The van der Waals surface area contributed by atoms with E-state index in [1.165, 1.54) is 51.4 Å². The van der Waals surface area contributed by atoms with E-state index in [1.54, 1.807) is 0 Å². The van der Waals surface area contributed by atoms with Gasteiger partial charge in [-0.15, -0.1) is 0 Å². The molecule has 4 aliphatic carbocycles. The summed E-state index contributed by atoms with van der Waals surface area (Å²) in [6.45, 7) is 4.10. The molecule has 0 bridgehead atoms. The smallest absolute Gasteiger partial charge is 0.133 e. The van der Waals surface area contributed by atoms with Crippen LogP contribution in [0.2, 0.25) is 0 Å². The molecule has 2 nitrogen and oxygen atoms in total. The molecule has 0 aromatic carbocycles. The average Bonchev–Trinajstić information content (AvgIpc) is 3.58. The average molecular weight is 371 g/mol. The molecule has 0 amide bonds. The minimum Gasteiger partial charge on any atom is -0.277 e. The van der Waals surface area contributed by atoms with Gasteiger partial charge in [0.15, 0.2) is 0 Å². The minimum atomic E-state index is 0.122. The van der Waals surface area contributed by atoms with Crippen LogP contribution in [0.3, 0.4) is 0 Å². The lowest BCUT2D eigenvalue weighted by Crippen LogP contribution is -2.52. The zero-order valence-electron chi connectivity index (χ0n) is 16.8. The molecule has 5 aliphatic rings. The summed E-state index contributed by atoms with van der Waals surface area (Å²) in [5.41, 5.74) is 0. The lowest BCUT2D eigenvalue weighted by Gasteiger charge is -2.37. The zero-order valence-corrected chi connectivity index (χ0v) is 16.8. The summed E-state index contributed by atoms with van der Waals surface area (Å²) in [5, 5.41) is 0. The summed E-state index contributed by atoms with van der Waals surface area (Å²) in [6, 6.07) is 0.244. The van der Waals surface area contributed by atoms with Crippen LogP contribution in [0.4, 0.5) is 0 Å². The molecule has 0 radical (unpaired) electrons. The fourth-order valence-electron chi connectivity index (χ4n) is 3.39. The molecule has 5 rings (SSSR count). The maximum atomic E-state index is 3.50. The zero-order chi connectivity index (χ0) is 18.8. The fraction of sp³-hybridized carbons (Fsp3) is 0.692. The van der Waals surface area contributed by atoms with E-state index in [2.05, 4.69) is 57.2 Å². The highest BCUT2D eigenvalue weighted by atomic mass is 15.3. The lowest BCUT2D eigenvalue weighted by atomic mass is 10.1. The predicted octanol–water partition coefficient (Wildman–Crippen LogP) is 2.99. The van der Waals surface area contributed by atoms with Gasteiger partial charge in [-0.05, 0) is 51.4 Å². The van der Waals surface area contributed by atoms with E-state index in [9.17, 15) is 0 Å². The Hall–Kier alpha value is -1.84. The van der Waals surface area contributed by atoms with E-state index in [4.69, 9.17) is 0 Å². The van der Waals surface area contributed by atoms with Gasteiger partial charge in [-0.25, -0.2) is 0 Å². The number of rotatable bonds is 2. The number of hydrogen-bond acceptors (Lipinski definition) is 2. The van der Waals surface area contributed by atoms with Gasteiger partial charge in [0.1, 0.15) is 12.1 Å². The van der Waals surface area contributed by atoms with E-state index in [-0.39, 0.29) is 12.1 Å². The van der Waals surface area contributed by atoms with Gasteiger partial charge in [0.25, 0.3) is 0 Å². The third kappa shape index (κ3) is 5.59. The van der Waals surface area contributed by atoms with Gasteiger partial charge < -0.3 is 0 Å². The summed E-state index contributed by atoms with van der Waals surface area (Å²) in [5.74, 6) is 30.4. The van der Waals surface area contributed by atoms with Crippen LogP contribution in [0.1, 0.15) is 51.4 Å². The van der Waals surface area contributed by atoms with Gasteiger partial charge in [0.2, 0.25) is 0 Å². The van der Waals surface area contributed by atoms with Gasteiger partial charge in [0, 0.05) is 49.9 Å². The predicted molar refractivity (Wildman–Crippen MR) is 113 cm³/mol. The van der Waals surface area contributed by atoms with Crippen molar-refractivity contribution in [3.63, 3.8) is 0 Å². The van der Waals surface area contributed by atoms with Crippen molar-refractivity contribution in [3.05, 3.63) is 0 Å². The number of nitrogens with zero attached hydrogens (tertiary/aromatic N) is 2. The van der Waals surface area contributed by atoms with Gasteiger partial charge in [-0.1, -0.05) is 47.4 Å². The van der Waals surface area contributed by atoms with Crippen molar-refractivity contribution in [1.82, 2.24) is 9.80 Å². The lowest BCUT2D eigenvalue weighted by molar-refractivity contribution is 0.126. The molecule has 0 atom stereocenters. The first kappa shape index (κ1) is 18.2. The van der Waals surface area contributed by atoms with E-state index >= 15 is 0 Å². The van der Waals surface area contributed by atoms with Gasteiger partial charge in [-0.2, -0.15) is 0 Å². The molecule has 0 aromatic rings. The van der Waals surface area contributed by atoms with Crippen molar-refractivity contribution in [3.8, 4) is 47.4 Å². The molecule has 1 saturated heterocycles. The third-order valence-corrected chi connectivity index (χ3v) is 6.09. The van der Waals surface area contributed by atoms with E-state index in [0.29, 0.717) is 23.7 Å². The van der Waals surface area contributed by atoms with Gasteiger partial charge in [0.05, 0.1) is 0 Å². The van der Waals surface area contributed by atoms with Crippen LogP contribution in [0.15, 0.2) is 0 Å². The highest BCUT2D eigenvalue weighted by Crippen LogP contribution is 2.29. The first-order chi connectivity index (χ1) is 13.8. The Morgan fingerprint density at radius 3 is 0.893 bits per heavy atom. The van der Waals surface area contributed by atoms with Crippen molar-refractivity contribution in [2.75, 3.05) is 26.2 Å². The molecule has 0 unspecified atom stereocenters. The fourth-order valence-corrected chi connectivity index (χ4v) is 3.39. The summed E-state index contributed by atoms with van der Waals surface area (Å²) < 4.78 is 0. The number of hydrogen-bond donors (Lipinski definition) is 0. The Morgan fingerprint density at radius 1 is 0.429 bits per heavy atom. The normalized spacial score (nSPS) is 24.9. The summed E-state index contributed by atoms with van der Waals surface area (Å²) in [7, 11) is 0. The molecule has 1 aliphatic heterocycles. The van der Waals surface area contributed by atoms with Crippen molar-refractivity contribution >= 4 is 0 Å². The second kappa shape index (κ2) is 8.26. The Labute approximate surface area is 170 Å². The van der Waals surface area contributed by atoms with E-state index in [0.717, 1.165) is 26.2 Å². The quantitative estimate of drug-likeness (QED) is 0.690. The third-order valence-electron chi connectivity index (χ3n) is 6.09. The van der Waals surface area contributed by atoms with Crippen LogP contribution < -0.4 is 0 Å².